The molecular weight excluding hydrogens is 364 g/mol. The number of aryl methyl sites for hydroxylation is 3. The van der Waals surface area contributed by atoms with Crippen LogP contribution in [0.2, 0.25) is 5.02 Å². The molecule has 2 aromatic carbocycles. The topological polar surface area (TPSA) is 81.3 Å². The molecule has 0 bridgehead atoms. The van der Waals surface area contributed by atoms with Crippen molar-refractivity contribution in [3.63, 3.8) is 0 Å². The Kier molecular flexibility index (Phi) is 4.38. The molecule has 0 amide bonds. The monoisotopic (exact) mass is 380 g/mol. The molecular formula is C17H17ClN2O4S. The van der Waals surface area contributed by atoms with Crippen LogP contribution in [0.4, 0.5) is 5.69 Å². The second kappa shape index (κ2) is 6.24. The minimum atomic E-state index is -3.88. The Hall–Kier alpha value is -2.25. The summed E-state index contributed by atoms with van der Waals surface area (Å²) in [6.07, 6.45) is 0. The molecule has 0 aliphatic heterocycles. The van der Waals surface area contributed by atoms with Crippen LogP contribution in [-0.2, 0) is 16.6 Å². The van der Waals surface area contributed by atoms with Gasteiger partial charge in [0.05, 0.1) is 21.1 Å². The summed E-state index contributed by atoms with van der Waals surface area (Å²) in [5, 5.41) is 0.325. The second-order valence-corrected chi connectivity index (χ2v) is 7.88. The Morgan fingerprint density at radius 2 is 1.92 bits per heavy atom. The Morgan fingerprint density at radius 3 is 2.56 bits per heavy atom. The summed E-state index contributed by atoms with van der Waals surface area (Å²) < 4.78 is 34.5. The molecule has 0 aliphatic carbocycles. The number of nitrogens with zero attached hydrogens (tertiary/aromatic N) is 1. The van der Waals surface area contributed by atoms with Crippen LogP contribution in [0, 0.1) is 13.8 Å². The Balaban J connectivity index is 2.06. The lowest BCUT2D eigenvalue weighted by molar-refractivity contribution is 0.512. The number of anilines is 1. The quantitative estimate of drug-likeness (QED) is 0.748. The van der Waals surface area contributed by atoms with Crippen LogP contribution >= 0.6 is 11.6 Å². The van der Waals surface area contributed by atoms with Gasteiger partial charge in [0.2, 0.25) is 0 Å². The predicted octanol–water partition coefficient (Wildman–Crippen LogP) is 3.69. The Morgan fingerprint density at radius 1 is 1.20 bits per heavy atom. The highest BCUT2D eigenvalue weighted by Gasteiger charge is 2.19. The van der Waals surface area contributed by atoms with Crippen molar-refractivity contribution in [2.75, 3.05) is 4.72 Å². The fourth-order valence-electron chi connectivity index (χ4n) is 2.75. The van der Waals surface area contributed by atoms with E-state index < -0.39 is 15.8 Å². The summed E-state index contributed by atoms with van der Waals surface area (Å²) in [4.78, 5) is 11.8. The molecule has 0 radical (unpaired) electrons. The summed E-state index contributed by atoms with van der Waals surface area (Å²) >= 11 is 6.18. The fourth-order valence-corrected chi connectivity index (χ4v) is 4.34. The molecule has 0 aliphatic rings. The highest BCUT2D eigenvalue weighted by molar-refractivity contribution is 7.92. The van der Waals surface area contributed by atoms with E-state index >= 15 is 0 Å². The molecule has 25 heavy (non-hydrogen) atoms. The van der Waals surface area contributed by atoms with E-state index in [2.05, 4.69) is 4.72 Å². The Labute approximate surface area is 150 Å². The molecule has 0 atom stereocenters. The molecule has 0 saturated heterocycles. The number of rotatable bonds is 4. The molecule has 3 aromatic rings. The molecule has 1 aromatic heterocycles. The van der Waals surface area contributed by atoms with Crippen LogP contribution in [-0.4, -0.2) is 13.0 Å². The lowest BCUT2D eigenvalue weighted by Gasteiger charge is -2.13. The first-order chi connectivity index (χ1) is 11.7. The number of fused-ring (bicyclic) bond motifs is 1. The number of aromatic nitrogens is 1. The van der Waals surface area contributed by atoms with E-state index in [1.807, 2.05) is 19.9 Å². The first kappa shape index (κ1) is 17.6. The highest BCUT2D eigenvalue weighted by atomic mass is 35.5. The van der Waals surface area contributed by atoms with E-state index in [0.717, 1.165) is 11.1 Å². The molecule has 0 saturated carbocycles. The van der Waals surface area contributed by atoms with E-state index in [9.17, 15) is 13.2 Å². The van der Waals surface area contributed by atoms with Gasteiger partial charge in [0, 0.05) is 12.6 Å². The van der Waals surface area contributed by atoms with Gasteiger partial charge in [0.1, 0.15) is 0 Å². The lowest BCUT2D eigenvalue weighted by atomic mass is 10.1. The van der Waals surface area contributed by atoms with Gasteiger partial charge in [0.15, 0.2) is 5.58 Å². The van der Waals surface area contributed by atoms with Crippen molar-refractivity contribution in [2.24, 2.45) is 0 Å². The van der Waals surface area contributed by atoms with Gasteiger partial charge in [-0.05, 0) is 50.1 Å². The van der Waals surface area contributed by atoms with E-state index in [0.29, 0.717) is 22.8 Å². The van der Waals surface area contributed by atoms with Gasteiger partial charge in [-0.3, -0.25) is 9.29 Å². The smallest absolute Gasteiger partial charge is 0.408 e. The van der Waals surface area contributed by atoms with Crippen LogP contribution in [0.5, 0.6) is 0 Å². The van der Waals surface area contributed by atoms with Gasteiger partial charge in [-0.1, -0.05) is 17.7 Å². The van der Waals surface area contributed by atoms with E-state index in [-0.39, 0.29) is 10.5 Å². The van der Waals surface area contributed by atoms with E-state index in [1.165, 1.54) is 16.7 Å². The minimum absolute atomic E-state index is 0.00644. The maximum atomic E-state index is 12.7. The zero-order valence-electron chi connectivity index (χ0n) is 14.0. The maximum Gasteiger partial charge on any atom is 0.419 e. The summed E-state index contributed by atoms with van der Waals surface area (Å²) in [6, 6.07) is 7.86. The normalized spacial score (nSPS) is 11.8. The van der Waals surface area contributed by atoms with Gasteiger partial charge in [-0.25, -0.2) is 13.2 Å². The van der Waals surface area contributed by atoms with E-state index in [4.69, 9.17) is 16.0 Å². The van der Waals surface area contributed by atoms with Crippen molar-refractivity contribution in [1.82, 2.24) is 4.57 Å². The molecule has 132 valence electrons. The standard InChI is InChI=1S/C17H17ClN2O4S/c1-4-20-14-6-5-12(9-15(14)24-17(20)21)25(22,23)19-16-11(3)7-10(2)8-13(16)18/h5-9,19H,4H2,1-3H3. The van der Waals surface area contributed by atoms with Crippen LogP contribution in [0.3, 0.4) is 0 Å². The molecule has 0 unspecified atom stereocenters. The fraction of sp³-hybridized carbons (Fsp3) is 0.235. The average Bonchev–Trinajstić information content (AvgIpc) is 2.85. The second-order valence-electron chi connectivity index (χ2n) is 5.79. The molecule has 1 N–H and O–H groups in total. The molecule has 0 spiro atoms. The van der Waals surface area contributed by atoms with Crippen LogP contribution < -0.4 is 10.5 Å². The van der Waals surface area contributed by atoms with Crippen LogP contribution in [0.25, 0.3) is 11.1 Å². The zero-order chi connectivity index (χ0) is 18.4. The van der Waals surface area contributed by atoms with Gasteiger partial charge < -0.3 is 4.42 Å². The van der Waals surface area contributed by atoms with Crippen molar-refractivity contribution in [3.8, 4) is 0 Å². The van der Waals surface area contributed by atoms with Gasteiger partial charge in [-0.2, -0.15) is 0 Å². The average molecular weight is 381 g/mol. The largest absolute Gasteiger partial charge is 0.419 e. The summed E-state index contributed by atoms with van der Waals surface area (Å²) in [7, 11) is -3.88. The lowest BCUT2D eigenvalue weighted by Crippen LogP contribution is -2.14. The SMILES string of the molecule is CCn1c(=O)oc2cc(S(=O)(=O)Nc3c(C)cc(C)cc3Cl)ccc21. The van der Waals surface area contributed by atoms with Crippen LogP contribution in [0.1, 0.15) is 18.1 Å². The summed E-state index contributed by atoms with van der Waals surface area (Å²) in [5.74, 6) is -0.516. The third kappa shape index (κ3) is 3.17. The predicted molar refractivity (Wildman–Crippen MR) is 97.9 cm³/mol. The number of halogens is 1. The highest BCUT2D eigenvalue weighted by Crippen LogP contribution is 2.30. The number of oxazole rings is 1. The molecule has 1 heterocycles. The van der Waals surface area contributed by atoms with Crippen molar-refractivity contribution < 1.29 is 12.8 Å². The van der Waals surface area contributed by atoms with Gasteiger partial charge in [0.25, 0.3) is 10.0 Å². The van der Waals surface area contributed by atoms with Crippen molar-refractivity contribution >= 4 is 38.4 Å². The number of benzene rings is 2. The van der Waals surface area contributed by atoms with E-state index in [1.54, 1.807) is 19.1 Å². The van der Waals surface area contributed by atoms with Crippen LogP contribution in [0.15, 0.2) is 44.4 Å². The van der Waals surface area contributed by atoms with Crippen molar-refractivity contribution in [1.29, 1.82) is 0 Å². The molecule has 6 nitrogen and oxygen atoms in total. The first-order valence-corrected chi connectivity index (χ1v) is 9.52. The maximum absolute atomic E-state index is 12.7. The van der Waals surface area contributed by atoms with Crippen molar-refractivity contribution in [3.05, 3.63) is 57.0 Å². The number of hydrogen-bond donors (Lipinski definition) is 1. The molecule has 3 rings (SSSR count). The number of hydrogen-bond acceptors (Lipinski definition) is 4. The van der Waals surface area contributed by atoms with Gasteiger partial charge in [-0.15, -0.1) is 0 Å². The number of sulfonamides is 1. The molecule has 8 heteroatoms. The summed E-state index contributed by atoms with van der Waals surface area (Å²) in [5.41, 5.74) is 2.77. The van der Waals surface area contributed by atoms with Crippen molar-refractivity contribution in [2.45, 2.75) is 32.2 Å². The molecule has 0 fully saturated rings. The zero-order valence-corrected chi connectivity index (χ0v) is 15.5. The number of nitrogens with one attached hydrogen (secondary N) is 1. The van der Waals surface area contributed by atoms with Gasteiger partial charge >= 0.3 is 5.76 Å². The Bertz CT molecular complexity index is 1110. The first-order valence-electron chi connectivity index (χ1n) is 7.66. The third-order valence-corrected chi connectivity index (χ3v) is 5.58. The third-order valence-electron chi connectivity index (χ3n) is 3.93. The minimum Gasteiger partial charge on any atom is -0.408 e. The summed E-state index contributed by atoms with van der Waals surface area (Å²) in [6.45, 7) is 5.91.